The first kappa shape index (κ1) is 33.6. The van der Waals surface area contributed by atoms with Crippen LogP contribution in [0.1, 0.15) is 22.3 Å². The maximum absolute atomic E-state index is 12.9. The SMILES string of the molecule is COc1ccc(CO[C@H](CO)[C@H](OCc2ccccc2)[C@@H](OCc2ccccc2)[C@@H](CO)NC(=O)OCc2ccccc2)cc1. The van der Waals surface area contributed by atoms with Crippen LogP contribution in [0, 0.1) is 0 Å². The average Bonchev–Trinajstić information content (AvgIpc) is 3.10. The van der Waals surface area contributed by atoms with Crippen molar-refractivity contribution in [2.75, 3.05) is 20.3 Å². The number of rotatable bonds is 18. The van der Waals surface area contributed by atoms with Crippen LogP contribution in [0.15, 0.2) is 115 Å². The molecule has 238 valence electrons. The molecule has 0 bridgehead atoms. The zero-order chi connectivity index (χ0) is 31.7. The largest absolute Gasteiger partial charge is 0.497 e. The molecule has 0 saturated heterocycles. The molecule has 0 fully saturated rings. The van der Waals surface area contributed by atoms with E-state index < -0.39 is 43.7 Å². The molecule has 4 aromatic carbocycles. The van der Waals surface area contributed by atoms with Crippen LogP contribution >= 0.6 is 0 Å². The molecular formula is C36H41NO8. The molecule has 0 radical (unpaired) electrons. The number of amides is 1. The Hall–Kier alpha value is -4.25. The first-order valence-electron chi connectivity index (χ1n) is 14.8. The van der Waals surface area contributed by atoms with Crippen molar-refractivity contribution in [3.8, 4) is 5.75 Å². The van der Waals surface area contributed by atoms with E-state index in [-0.39, 0.29) is 26.4 Å². The highest BCUT2D eigenvalue weighted by Gasteiger charge is 2.38. The molecule has 4 atom stereocenters. The van der Waals surface area contributed by atoms with Gasteiger partial charge in [0.15, 0.2) is 0 Å². The minimum Gasteiger partial charge on any atom is -0.497 e. The minimum absolute atomic E-state index is 0.0541. The van der Waals surface area contributed by atoms with Crippen molar-refractivity contribution in [2.24, 2.45) is 0 Å². The smallest absolute Gasteiger partial charge is 0.407 e. The number of aliphatic hydroxyl groups is 2. The van der Waals surface area contributed by atoms with E-state index in [0.717, 1.165) is 22.3 Å². The molecule has 0 aliphatic carbocycles. The van der Waals surface area contributed by atoms with Crippen LogP contribution in [-0.4, -0.2) is 61.0 Å². The predicted octanol–water partition coefficient (Wildman–Crippen LogP) is 5.03. The van der Waals surface area contributed by atoms with Crippen molar-refractivity contribution in [1.29, 1.82) is 0 Å². The number of nitrogens with one attached hydrogen (secondary N) is 1. The Balaban J connectivity index is 1.57. The highest BCUT2D eigenvalue weighted by molar-refractivity contribution is 5.67. The summed E-state index contributed by atoms with van der Waals surface area (Å²) in [4.78, 5) is 12.9. The van der Waals surface area contributed by atoms with E-state index in [9.17, 15) is 15.0 Å². The third kappa shape index (κ3) is 11.0. The highest BCUT2D eigenvalue weighted by atomic mass is 16.6. The van der Waals surface area contributed by atoms with Crippen LogP contribution < -0.4 is 10.1 Å². The van der Waals surface area contributed by atoms with Crippen molar-refractivity contribution in [2.45, 2.75) is 50.8 Å². The monoisotopic (exact) mass is 615 g/mol. The van der Waals surface area contributed by atoms with Crippen LogP contribution in [0.5, 0.6) is 5.75 Å². The van der Waals surface area contributed by atoms with Gasteiger partial charge in [-0.3, -0.25) is 0 Å². The van der Waals surface area contributed by atoms with Gasteiger partial charge in [-0.1, -0.05) is 103 Å². The van der Waals surface area contributed by atoms with E-state index in [1.807, 2.05) is 115 Å². The Labute approximate surface area is 264 Å². The number of aliphatic hydroxyl groups excluding tert-OH is 2. The molecule has 0 saturated carbocycles. The topological polar surface area (TPSA) is 116 Å². The summed E-state index contributed by atoms with van der Waals surface area (Å²) in [5.74, 6) is 0.715. The van der Waals surface area contributed by atoms with Gasteiger partial charge in [-0.25, -0.2) is 4.79 Å². The molecule has 45 heavy (non-hydrogen) atoms. The molecule has 4 aromatic rings. The van der Waals surface area contributed by atoms with Crippen molar-refractivity contribution < 1.29 is 38.7 Å². The molecule has 0 aliphatic rings. The zero-order valence-corrected chi connectivity index (χ0v) is 25.4. The van der Waals surface area contributed by atoms with Crippen LogP contribution in [0.4, 0.5) is 4.79 Å². The summed E-state index contributed by atoms with van der Waals surface area (Å²) < 4.78 is 29.7. The lowest BCUT2D eigenvalue weighted by molar-refractivity contribution is -0.171. The lowest BCUT2D eigenvalue weighted by Gasteiger charge is -2.36. The number of carbonyl (C=O) groups is 1. The first-order valence-corrected chi connectivity index (χ1v) is 14.8. The van der Waals surface area contributed by atoms with Crippen molar-refractivity contribution in [3.05, 3.63) is 138 Å². The second-order valence-corrected chi connectivity index (χ2v) is 10.4. The fraction of sp³-hybridized carbons (Fsp3) is 0.306. The minimum atomic E-state index is -0.962. The lowest BCUT2D eigenvalue weighted by Crippen LogP contribution is -2.56. The number of alkyl carbamates (subject to hydrolysis) is 1. The standard InChI is InChI=1S/C36H41NO8/c1-41-31-19-17-30(18-20-31)23-42-33(22-39)35(44-25-28-13-7-3-8-14-28)34(43-24-27-11-5-2-6-12-27)32(21-38)37-36(40)45-26-29-15-9-4-10-16-29/h2-20,32-35,38-39H,21-26H2,1H3,(H,37,40)/t32-,33-,34+,35+/m1/s1. The third-order valence-electron chi connectivity index (χ3n) is 7.17. The highest BCUT2D eigenvalue weighted by Crippen LogP contribution is 2.22. The summed E-state index contributed by atoms with van der Waals surface area (Å²) in [6, 6.07) is 34.8. The third-order valence-corrected chi connectivity index (χ3v) is 7.17. The Kier molecular flexibility index (Phi) is 13.9. The van der Waals surface area contributed by atoms with E-state index in [1.54, 1.807) is 7.11 Å². The van der Waals surface area contributed by atoms with Gasteiger partial charge >= 0.3 is 6.09 Å². The molecular weight excluding hydrogens is 574 g/mol. The van der Waals surface area contributed by atoms with E-state index in [0.29, 0.717) is 5.75 Å². The van der Waals surface area contributed by atoms with Crippen molar-refractivity contribution >= 4 is 6.09 Å². The number of benzene rings is 4. The van der Waals surface area contributed by atoms with Crippen molar-refractivity contribution in [1.82, 2.24) is 5.32 Å². The Morgan fingerprint density at radius 2 is 1.07 bits per heavy atom. The van der Waals surface area contributed by atoms with Crippen molar-refractivity contribution in [3.63, 3.8) is 0 Å². The number of carbonyl (C=O) groups excluding carboxylic acids is 1. The molecule has 0 aliphatic heterocycles. The molecule has 9 nitrogen and oxygen atoms in total. The van der Waals surface area contributed by atoms with Gasteiger partial charge in [0.25, 0.3) is 0 Å². The normalized spacial score (nSPS) is 13.8. The average molecular weight is 616 g/mol. The maximum Gasteiger partial charge on any atom is 0.407 e. The van der Waals surface area contributed by atoms with Gasteiger partial charge in [0, 0.05) is 0 Å². The summed E-state index contributed by atoms with van der Waals surface area (Å²) in [6.07, 6.45) is -3.47. The van der Waals surface area contributed by atoms with E-state index >= 15 is 0 Å². The summed E-state index contributed by atoms with van der Waals surface area (Å²) in [5, 5.41) is 23.9. The molecule has 0 spiro atoms. The Morgan fingerprint density at radius 3 is 1.56 bits per heavy atom. The van der Waals surface area contributed by atoms with Crippen LogP contribution in [0.2, 0.25) is 0 Å². The van der Waals surface area contributed by atoms with Gasteiger partial charge in [-0.15, -0.1) is 0 Å². The summed E-state index contributed by atoms with van der Waals surface area (Å²) in [5.41, 5.74) is 3.46. The summed E-state index contributed by atoms with van der Waals surface area (Å²) in [6.45, 7) is -0.333. The van der Waals surface area contributed by atoms with Crippen LogP contribution in [0.25, 0.3) is 0 Å². The molecule has 0 aromatic heterocycles. The van der Waals surface area contributed by atoms with Crippen LogP contribution in [0.3, 0.4) is 0 Å². The predicted molar refractivity (Wildman–Crippen MR) is 169 cm³/mol. The molecule has 1 amide bonds. The molecule has 4 rings (SSSR count). The molecule has 0 heterocycles. The van der Waals surface area contributed by atoms with Gasteiger partial charge in [0.1, 0.15) is 30.7 Å². The van der Waals surface area contributed by atoms with E-state index in [2.05, 4.69) is 5.32 Å². The van der Waals surface area contributed by atoms with E-state index in [1.165, 1.54) is 0 Å². The van der Waals surface area contributed by atoms with Gasteiger partial charge in [0.2, 0.25) is 0 Å². The molecule has 3 N–H and O–H groups in total. The van der Waals surface area contributed by atoms with Gasteiger partial charge < -0.3 is 39.2 Å². The number of hydrogen-bond donors (Lipinski definition) is 3. The van der Waals surface area contributed by atoms with Crippen LogP contribution in [-0.2, 0) is 45.4 Å². The zero-order valence-electron chi connectivity index (χ0n) is 25.4. The number of hydrogen-bond acceptors (Lipinski definition) is 8. The lowest BCUT2D eigenvalue weighted by atomic mass is 10.00. The number of methoxy groups -OCH3 is 1. The fourth-order valence-electron chi connectivity index (χ4n) is 4.71. The van der Waals surface area contributed by atoms with E-state index in [4.69, 9.17) is 23.7 Å². The first-order chi connectivity index (χ1) is 22.1. The van der Waals surface area contributed by atoms with Gasteiger partial charge in [-0.2, -0.15) is 0 Å². The second kappa shape index (κ2) is 18.5. The quantitative estimate of drug-likeness (QED) is 0.143. The number of ether oxygens (including phenoxy) is 5. The van der Waals surface area contributed by atoms with Gasteiger partial charge in [0.05, 0.1) is 46.2 Å². The maximum atomic E-state index is 12.9. The Morgan fingerprint density at radius 1 is 0.600 bits per heavy atom. The fourth-order valence-corrected chi connectivity index (χ4v) is 4.71. The van der Waals surface area contributed by atoms with Gasteiger partial charge in [-0.05, 0) is 34.4 Å². The molecule has 0 unspecified atom stereocenters. The molecule has 9 heteroatoms. The summed E-state index contributed by atoms with van der Waals surface area (Å²) in [7, 11) is 1.60. The summed E-state index contributed by atoms with van der Waals surface area (Å²) >= 11 is 0. The second-order valence-electron chi connectivity index (χ2n) is 10.4. The Bertz CT molecular complexity index is 1370.